The average Bonchev–Trinajstić information content (AvgIpc) is 2.16. The number of Topliss-reactive ketones (excluding diaryl/α,β-unsaturated/α-hetero) is 1. The summed E-state index contributed by atoms with van der Waals surface area (Å²) in [5, 5.41) is 2.64. The van der Waals surface area contributed by atoms with Crippen LogP contribution in [0.4, 0.5) is 0 Å². The van der Waals surface area contributed by atoms with E-state index in [1.807, 2.05) is 0 Å². The Kier molecular flexibility index (Phi) is 4.50. The van der Waals surface area contributed by atoms with E-state index in [0.717, 1.165) is 25.7 Å². The van der Waals surface area contributed by atoms with Crippen LogP contribution in [0.5, 0.6) is 0 Å². The van der Waals surface area contributed by atoms with Gasteiger partial charge in [0.1, 0.15) is 0 Å². The van der Waals surface area contributed by atoms with Crippen LogP contribution in [0.2, 0.25) is 0 Å². The molecule has 1 rings (SSSR count). The molecular weight excluding hydrogens is 166 g/mol. The van der Waals surface area contributed by atoms with Gasteiger partial charge < -0.3 is 5.32 Å². The normalized spacial score (nSPS) is 21.8. The van der Waals surface area contributed by atoms with Crippen LogP contribution in [0, 0.1) is 0 Å². The molecule has 3 heteroatoms. The first-order chi connectivity index (χ1) is 6.30. The number of ketones is 1. The highest BCUT2D eigenvalue weighted by molar-refractivity contribution is 6.36. The Hall–Kier alpha value is -0.860. The maximum Gasteiger partial charge on any atom is 0.287 e. The van der Waals surface area contributed by atoms with Crippen molar-refractivity contribution in [2.24, 2.45) is 0 Å². The fourth-order valence-corrected chi connectivity index (χ4v) is 1.53. The molecule has 1 heterocycles. The van der Waals surface area contributed by atoms with E-state index in [9.17, 15) is 9.59 Å². The van der Waals surface area contributed by atoms with E-state index >= 15 is 0 Å². The molecule has 1 aliphatic heterocycles. The monoisotopic (exact) mass is 183 g/mol. The molecule has 13 heavy (non-hydrogen) atoms. The molecule has 1 amide bonds. The topological polar surface area (TPSA) is 46.2 Å². The molecule has 0 spiro atoms. The Labute approximate surface area is 78.9 Å². The molecule has 1 saturated heterocycles. The summed E-state index contributed by atoms with van der Waals surface area (Å²) in [4.78, 5) is 22.2. The van der Waals surface area contributed by atoms with E-state index < -0.39 is 0 Å². The summed E-state index contributed by atoms with van der Waals surface area (Å²) < 4.78 is 0. The lowest BCUT2D eigenvalue weighted by molar-refractivity contribution is -0.137. The minimum Gasteiger partial charge on any atom is -0.350 e. The van der Waals surface area contributed by atoms with Crippen LogP contribution in [-0.2, 0) is 9.59 Å². The molecule has 1 aliphatic rings. The molecule has 1 fully saturated rings. The van der Waals surface area contributed by atoms with Crippen molar-refractivity contribution in [3.63, 3.8) is 0 Å². The lowest BCUT2D eigenvalue weighted by Gasteiger charge is -2.01. The summed E-state index contributed by atoms with van der Waals surface area (Å²) in [6.45, 7) is 0.657. The van der Waals surface area contributed by atoms with Gasteiger partial charge in [-0.15, -0.1) is 0 Å². The third-order valence-corrected chi connectivity index (χ3v) is 2.37. The van der Waals surface area contributed by atoms with Crippen molar-refractivity contribution in [1.82, 2.24) is 5.32 Å². The molecular formula is C10H17NO2. The summed E-state index contributed by atoms with van der Waals surface area (Å²) in [6.07, 6.45) is 6.95. The molecule has 0 bridgehead atoms. The zero-order chi connectivity index (χ0) is 9.52. The lowest BCUT2D eigenvalue weighted by atomic mass is 10.1. The van der Waals surface area contributed by atoms with Crippen molar-refractivity contribution >= 4 is 11.7 Å². The van der Waals surface area contributed by atoms with E-state index in [4.69, 9.17) is 0 Å². The predicted octanol–water partition coefficient (Wildman–Crippen LogP) is 1.42. The molecule has 1 N–H and O–H groups in total. The number of carbonyl (C=O) groups is 2. The summed E-state index contributed by atoms with van der Waals surface area (Å²) in [6, 6.07) is 0. The smallest absolute Gasteiger partial charge is 0.287 e. The number of hydrogen-bond acceptors (Lipinski definition) is 2. The van der Waals surface area contributed by atoms with Crippen LogP contribution in [0.3, 0.4) is 0 Å². The first-order valence-corrected chi connectivity index (χ1v) is 5.12. The Morgan fingerprint density at radius 2 is 1.46 bits per heavy atom. The molecule has 0 unspecified atom stereocenters. The van der Waals surface area contributed by atoms with Gasteiger partial charge >= 0.3 is 0 Å². The molecule has 0 aromatic carbocycles. The Morgan fingerprint density at radius 3 is 2.23 bits per heavy atom. The quantitative estimate of drug-likeness (QED) is 0.577. The SMILES string of the molecule is O=C1CCCCCCCCNC1=O. The molecule has 0 aromatic heterocycles. The van der Waals surface area contributed by atoms with Gasteiger partial charge in [0.2, 0.25) is 5.78 Å². The fraction of sp³-hybridized carbons (Fsp3) is 0.800. The van der Waals surface area contributed by atoms with Gasteiger partial charge in [-0.25, -0.2) is 0 Å². The standard InChI is InChI=1S/C10H17NO2/c12-9-7-5-3-1-2-4-6-8-11-10(9)13/h1-8H2,(H,11,13). The highest BCUT2D eigenvalue weighted by atomic mass is 16.2. The predicted molar refractivity (Wildman–Crippen MR) is 50.3 cm³/mol. The van der Waals surface area contributed by atoms with Crippen LogP contribution in [0.1, 0.15) is 44.9 Å². The van der Waals surface area contributed by atoms with Crippen LogP contribution in [0.25, 0.3) is 0 Å². The van der Waals surface area contributed by atoms with Gasteiger partial charge in [0.25, 0.3) is 5.91 Å². The van der Waals surface area contributed by atoms with Crippen molar-refractivity contribution < 1.29 is 9.59 Å². The van der Waals surface area contributed by atoms with Crippen molar-refractivity contribution in [2.45, 2.75) is 44.9 Å². The second kappa shape index (κ2) is 5.73. The first kappa shape index (κ1) is 10.2. The van der Waals surface area contributed by atoms with Crippen molar-refractivity contribution in [3.05, 3.63) is 0 Å². The van der Waals surface area contributed by atoms with Gasteiger partial charge in [0.05, 0.1) is 0 Å². The van der Waals surface area contributed by atoms with Crippen molar-refractivity contribution in [3.8, 4) is 0 Å². The number of rotatable bonds is 0. The minimum atomic E-state index is -0.387. The van der Waals surface area contributed by atoms with E-state index in [2.05, 4.69) is 5.32 Å². The maximum absolute atomic E-state index is 11.1. The van der Waals surface area contributed by atoms with Crippen molar-refractivity contribution in [2.75, 3.05) is 6.54 Å². The van der Waals surface area contributed by atoms with Crippen LogP contribution >= 0.6 is 0 Å². The lowest BCUT2D eigenvalue weighted by Crippen LogP contribution is -2.31. The summed E-state index contributed by atoms with van der Waals surface area (Å²) >= 11 is 0. The van der Waals surface area contributed by atoms with E-state index in [1.54, 1.807) is 0 Å². The summed E-state index contributed by atoms with van der Waals surface area (Å²) in [5.74, 6) is -0.635. The highest BCUT2D eigenvalue weighted by Gasteiger charge is 2.12. The Morgan fingerprint density at radius 1 is 0.846 bits per heavy atom. The molecule has 3 nitrogen and oxygen atoms in total. The highest BCUT2D eigenvalue weighted by Crippen LogP contribution is 2.08. The number of carbonyl (C=O) groups excluding carboxylic acids is 2. The van der Waals surface area contributed by atoms with Gasteiger partial charge in [0.15, 0.2) is 0 Å². The molecule has 0 aromatic rings. The number of nitrogens with one attached hydrogen (secondary N) is 1. The van der Waals surface area contributed by atoms with E-state index in [1.165, 1.54) is 12.8 Å². The molecule has 0 atom stereocenters. The largest absolute Gasteiger partial charge is 0.350 e. The molecule has 74 valence electrons. The molecule has 0 radical (unpaired) electrons. The fourth-order valence-electron chi connectivity index (χ4n) is 1.53. The second-order valence-corrected chi connectivity index (χ2v) is 3.55. The van der Waals surface area contributed by atoms with Crippen LogP contribution < -0.4 is 5.32 Å². The Bertz CT molecular complexity index is 169. The van der Waals surface area contributed by atoms with Crippen LogP contribution in [0.15, 0.2) is 0 Å². The van der Waals surface area contributed by atoms with Crippen molar-refractivity contribution in [1.29, 1.82) is 0 Å². The van der Waals surface area contributed by atoms with E-state index in [0.29, 0.717) is 13.0 Å². The first-order valence-electron chi connectivity index (χ1n) is 5.12. The van der Waals surface area contributed by atoms with Gasteiger partial charge in [-0.2, -0.15) is 0 Å². The third-order valence-electron chi connectivity index (χ3n) is 2.37. The van der Waals surface area contributed by atoms with Gasteiger partial charge in [-0.05, 0) is 12.8 Å². The summed E-state index contributed by atoms with van der Waals surface area (Å²) in [5.41, 5.74) is 0. The molecule has 0 saturated carbocycles. The third kappa shape index (κ3) is 4.06. The van der Waals surface area contributed by atoms with Crippen LogP contribution in [-0.4, -0.2) is 18.2 Å². The Balaban J connectivity index is 2.35. The average molecular weight is 183 g/mol. The zero-order valence-electron chi connectivity index (χ0n) is 7.97. The number of hydrogen-bond donors (Lipinski definition) is 1. The van der Waals surface area contributed by atoms with Gasteiger partial charge in [-0.1, -0.05) is 25.7 Å². The minimum absolute atomic E-state index is 0.248. The van der Waals surface area contributed by atoms with E-state index in [-0.39, 0.29) is 11.7 Å². The second-order valence-electron chi connectivity index (χ2n) is 3.55. The van der Waals surface area contributed by atoms with Gasteiger partial charge in [0, 0.05) is 13.0 Å². The summed E-state index contributed by atoms with van der Waals surface area (Å²) in [7, 11) is 0. The zero-order valence-corrected chi connectivity index (χ0v) is 7.97. The molecule has 0 aliphatic carbocycles. The number of amides is 1. The van der Waals surface area contributed by atoms with Gasteiger partial charge in [-0.3, -0.25) is 9.59 Å². The maximum atomic E-state index is 11.1.